The molecule has 1 atom stereocenters. The Kier molecular flexibility index (Phi) is 4.05. The Morgan fingerprint density at radius 2 is 1.78 bits per heavy atom. The summed E-state index contributed by atoms with van der Waals surface area (Å²) in [7, 11) is 0. The first-order valence-corrected chi connectivity index (χ1v) is 6.61. The minimum Gasteiger partial charge on any atom is -0.320 e. The van der Waals surface area contributed by atoms with Gasteiger partial charge < -0.3 is 5.73 Å². The Hall–Kier alpha value is -0.900. The lowest BCUT2D eigenvalue weighted by Gasteiger charge is -2.14. The van der Waals surface area contributed by atoms with E-state index in [-0.39, 0.29) is 5.82 Å². The van der Waals surface area contributed by atoms with E-state index in [9.17, 15) is 4.39 Å². The third-order valence-electron chi connectivity index (χ3n) is 2.67. The summed E-state index contributed by atoms with van der Waals surface area (Å²) in [5, 5.41) is 0.600. The first kappa shape index (κ1) is 13.5. The van der Waals surface area contributed by atoms with Crippen LogP contribution in [0.5, 0.6) is 0 Å². The van der Waals surface area contributed by atoms with Gasteiger partial charge in [-0.1, -0.05) is 33.6 Å². The molecule has 4 heteroatoms. The number of hydrogen-bond acceptors (Lipinski definition) is 1. The molecule has 2 rings (SSSR count). The number of aryl methyl sites for hydroxylation is 1. The highest BCUT2D eigenvalue weighted by atomic mass is 79.9. The average Bonchev–Trinajstić information content (AvgIpc) is 2.25. The van der Waals surface area contributed by atoms with Crippen LogP contribution in [0.25, 0.3) is 0 Å². The molecular weight excluding hydrogens is 317 g/mol. The van der Waals surface area contributed by atoms with E-state index in [0.717, 1.165) is 21.2 Å². The van der Waals surface area contributed by atoms with Crippen molar-refractivity contribution < 1.29 is 4.39 Å². The summed E-state index contributed by atoms with van der Waals surface area (Å²) in [5.41, 5.74) is 8.58. The molecule has 0 aromatic heterocycles. The SMILES string of the molecule is Cc1cc(F)cc(C(N)c2cc(Cl)cc(Br)c2)c1. The largest absolute Gasteiger partial charge is 0.320 e. The van der Waals surface area contributed by atoms with Crippen molar-refractivity contribution >= 4 is 27.5 Å². The molecule has 0 aliphatic carbocycles. The van der Waals surface area contributed by atoms with Crippen molar-refractivity contribution in [3.8, 4) is 0 Å². The minimum atomic E-state index is -0.394. The minimum absolute atomic E-state index is 0.276. The summed E-state index contributed by atoms with van der Waals surface area (Å²) < 4.78 is 14.2. The molecule has 0 aliphatic heterocycles. The third kappa shape index (κ3) is 3.10. The molecule has 1 unspecified atom stereocenters. The topological polar surface area (TPSA) is 26.0 Å². The first-order valence-electron chi connectivity index (χ1n) is 5.44. The van der Waals surface area contributed by atoms with Crippen molar-refractivity contribution in [3.63, 3.8) is 0 Å². The molecule has 0 bridgehead atoms. The lowest BCUT2D eigenvalue weighted by Crippen LogP contribution is -2.12. The van der Waals surface area contributed by atoms with Crippen molar-refractivity contribution in [1.29, 1.82) is 0 Å². The number of hydrogen-bond donors (Lipinski definition) is 1. The summed E-state index contributed by atoms with van der Waals surface area (Å²) >= 11 is 9.35. The Morgan fingerprint density at radius 1 is 1.11 bits per heavy atom. The fourth-order valence-corrected chi connectivity index (χ4v) is 2.78. The van der Waals surface area contributed by atoms with Gasteiger partial charge in [0, 0.05) is 9.50 Å². The molecule has 0 saturated heterocycles. The Bertz CT molecular complexity index is 494. The van der Waals surface area contributed by atoms with Gasteiger partial charge in [-0.05, 0) is 53.9 Å². The molecular formula is C14H12BrClFN. The molecule has 0 heterocycles. The highest BCUT2D eigenvalue weighted by Crippen LogP contribution is 2.27. The van der Waals surface area contributed by atoms with E-state index in [4.69, 9.17) is 17.3 Å². The molecule has 0 saturated carbocycles. The van der Waals surface area contributed by atoms with Crippen molar-refractivity contribution in [1.82, 2.24) is 0 Å². The number of nitrogens with two attached hydrogens (primary N) is 1. The monoisotopic (exact) mass is 327 g/mol. The second kappa shape index (κ2) is 5.39. The summed E-state index contributed by atoms with van der Waals surface area (Å²) in [4.78, 5) is 0. The molecule has 2 N–H and O–H groups in total. The van der Waals surface area contributed by atoms with Crippen LogP contribution in [0, 0.1) is 12.7 Å². The van der Waals surface area contributed by atoms with Gasteiger partial charge in [0.15, 0.2) is 0 Å². The zero-order valence-corrected chi connectivity index (χ0v) is 12.1. The normalized spacial score (nSPS) is 12.5. The first-order chi connectivity index (χ1) is 8.45. The van der Waals surface area contributed by atoms with E-state index in [1.54, 1.807) is 12.1 Å². The van der Waals surface area contributed by atoms with Crippen LogP contribution in [0.2, 0.25) is 5.02 Å². The van der Waals surface area contributed by atoms with E-state index < -0.39 is 6.04 Å². The summed E-state index contributed by atoms with van der Waals surface area (Å²) in [5.74, 6) is -0.276. The maximum Gasteiger partial charge on any atom is 0.123 e. The van der Waals surface area contributed by atoms with E-state index in [2.05, 4.69) is 15.9 Å². The second-order valence-electron chi connectivity index (χ2n) is 4.24. The lowest BCUT2D eigenvalue weighted by atomic mass is 9.98. The standard InChI is InChI=1S/C14H12BrClFN/c1-8-2-9(6-13(17)3-8)14(18)10-4-11(15)7-12(16)5-10/h2-7,14H,18H2,1H3. The van der Waals surface area contributed by atoms with Gasteiger partial charge >= 0.3 is 0 Å². The summed E-state index contributed by atoms with van der Waals surface area (Å²) in [6.45, 7) is 1.84. The van der Waals surface area contributed by atoms with Gasteiger partial charge in [-0.15, -0.1) is 0 Å². The van der Waals surface area contributed by atoms with Crippen LogP contribution in [-0.4, -0.2) is 0 Å². The zero-order valence-electron chi connectivity index (χ0n) is 9.75. The van der Waals surface area contributed by atoms with Gasteiger partial charge in [-0.25, -0.2) is 4.39 Å². The molecule has 18 heavy (non-hydrogen) atoms. The van der Waals surface area contributed by atoms with Crippen LogP contribution in [0.4, 0.5) is 4.39 Å². The van der Waals surface area contributed by atoms with Crippen molar-refractivity contribution in [2.24, 2.45) is 5.73 Å². The van der Waals surface area contributed by atoms with Gasteiger partial charge in [0.2, 0.25) is 0 Å². The Balaban J connectivity index is 2.43. The van der Waals surface area contributed by atoms with Crippen LogP contribution in [0.15, 0.2) is 40.9 Å². The van der Waals surface area contributed by atoms with Gasteiger partial charge in [-0.2, -0.15) is 0 Å². The van der Waals surface area contributed by atoms with Crippen molar-refractivity contribution in [2.45, 2.75) is 13.0 Å². The van der Waals surface area contributed by atoms with Gasteiger partial charge in [-0.3, -0.25) is 0 Å². The van der Waals surface area contributed by atoms with Crippen LogP contribution in [0.3, 0.4) is 0 Å². The van der Waals surface area contributed by atoms with Gasteiger partial charge in [0.1, 0.15) is 5.82 Å². The zero-order chi connectivity index (χ0) is 13.3. The van der Waals surface area contributed by atoms with Crippen molar-refractivity contribution in [3.05, 3.63) is 68.4 Å². The van der Waals surface area contributed by atoms with E-state index in [0.29, 0.717) is 5.02 Å². The maximum atomic E-state index is 13.4. The summed E-state index contributed by atoms with van der Waals surface area (Å²) in [6.07, 6.45) is 0. The van der Waals surface area contributed by atoms with Gasteiger partial charge in [0.25, 0.3) is 0 Å². The predicted octanol–water partition coefficient (Wildman–Crippen LogP) is 4.60. The second-order valence-corrected chi connectivity index (χ2v) is 5.59. The molecule has 2 aromatic rings. The molecule has 0 amide bonds. The van der Waals surface area contributed by atoms with Crippen LogP contribution in [0.1, 0.15) is 22.7 Å². The Labute approximate surface area is 119 Å². The number of rotatable bonds is 2. The van der Waals surface area contributed by atoms with Crippen LogP contribution < -0.4 is 5.73 Å². The average molecular weight is 329 g/mol. The third-order valence-corrected chi connectivity index (χ3v) is 3.34. The maximum absolute atomic E-state index is 13.4. The fraction of sp³-hybridized carbons (Fsp3) is 0.143. The highest BCUT2D eigenvalue weighted by molar-refractivity contribution is 9.10. The van der Waals surface area contributed by atoms with Crippen LogP contribution in [-0.2, 0) is 0 Å². The Morgan fingerprint density at radius 3 is 2.39 bits per heavy atom. The van der Waals surface area contributed by atoms with E-state index in [1.807, 2.05) is 19.1 Å². The number of benzene rings is 2. The van der Waals surface area contributed by atoms with E-state index in [1.165, 1.54) is 12.1 Å². The predicted molar refractivity (Wildman–Crippen MR) is 76.3 cm³/mol. The molecule has 94 valence electrons. The molecule has 0 aliphatic rings. The quantitative estimate of drug-likeness (QED) is 0.856. The molecule has 0 radical (unpaired) electrons. The highest BCUT2D eigenvalue weighted by Gasteiger charge is 2.12. The lowest BCUT2D eigenvalue weighted by molar-refractivity contribution is 0.622. The summed E-state index contributed by atoms with van der Waals surface area (Å²) in [6, 6.07) is 9.87. The molecule has 0 fully saturated rings. The number of halogens is 3. The van der Waals surface area contributed by atoms with Crippen LogP contribution >= 0.6 is 27.5 Å². The molecule has 0 spiro atoms. The van der Waals surface area contributed by atoms with Gasteiger partial charge in [0.05, 0.1) is 6.04 Å². The molecule has 1 nitrogen and oxygen atoms in total. The smallest absolute Gasteiger partial charge is 0.123 e. The van der Waals surface area contributed by atoms with Crippen molar-refractivity contribution in [2.75, 3.05) is 0 Å². The fourth-order valence-electron chi connectivity index (χ4n) is 1.89. The molecule has 2 aromatic carbocycles. The van der Waals surface area contributed by atoms with E-state index >= 15 is 0 Å².